The Morgan fingerprint density at radius 2 is 1.83 bits per heavy atom. The number of carbonyl (C=O) groups excluding carboxylic acids is 1. The van der Waals surface area contributed by atoms with Crippen molar-refractivity contribution in [3.63, 3.8) is 0 Å². The van der Waals surface area contributed by atoms with Gasteiger partial charge in [0.25, 0.3) is 5.91 Å². The molecule has 2 aromatic carbocycles. The average Bonchev–Trinajstić information content (AvgIpc) is 3.20. The molecule has 0 aliphatic heterocycles. The summed E-state index contributed by atoms with van der Waals surface area (Å²) in [4.78, 5) is 13.7. The Morgan fingerprint density at radius 3 is 2.55 bits per heavy atom. The maximum absolute atomic E-state index is 12.3. The molecule has 0 radical (unpaired) electrons. The van der Waals surface area contributed by atoms with E-state index in [1.165, 1.54) is 4.90 Å². The first-order chi connectivity index (χ1) is 14.0. The van der Waals surface area contributed by atoms with Crippen LogP contribution in [0.3, 0.4) is 0 Å². The van der Waals surface area contributed by atoms with Crippen LogP contribution < -0.4 is 14.2 Å². The van der Waals surface area contributed by atoms with Crippen LogP contribution in [0.5, 0.6) is 17.2 Å². The van der Waals surface area contributed by atoms with E-state index in [9.17, 15) is 4.79 Å². The maximum Gasteiger partial charge on any atom is 0.260 e. The molecule has 0 saturated carbocycles. The molecule has 0 aliphatic carbocycles. The molecule has 0 spiro atoms. The zero-order chi connectivity index (χ0) is 20.8. The SMILES string of the molecule is COc1ccc(-c2nnc(CN(C)C(=O)COc3ccccc3Cl)o2)cc1OC. The summed E-state index contributed by atoms with van der Waals surface area (Å²) in [6.07, 6.45) is 0. The molecule has 3 rings (SSSR count). The highest BCUT2D eigenvalue weighted by atomic mass is 35.5. The van der Waals surface area contributed by atoms with Gasteiger partial charge in [-0.1, -0.05) is 23.7 Å². The number of benzene rings is 2. The average molecular weight is 418 g/mol. The third-order valence-electron chi connectivity index (χ3n) is 4.08. The highest BCUT2D eigenvalue weighted by Crippen LogP contribution is 2.31. The van der Waals surface area contributed by atoms with Gasteiger partial charge in [0.05, 0.1) is 25.8 Å². The molecule has 0 atom stereocenters. The number of nitrogens with zero attached hydrogens (tertiary/aromatic N) is 3. The number of hydrogen-bond acceptors (Lipinski definition) is 7. The zero-order valence-electron chi connectivity index (χ0n) is 16.2. The van der Waals surface area contributed by atoms with Crippen LogP contribution in [0.2, 0.25) is 5.02 Å². The van der Waals surface area contributed by atoms with E-state index in [2.05, 4.69) is 10.2 Å². The van der Waals surface area contributed by atoms with Crippen molar-refractivity contribution in [3.05, 3.63) is 53.4 Å². The number of amides is 1. The normalized spacial score (nSPS) is 10.5. The lowest BCUT2D eigenvalue weighted by Gasteiger charge is -2.15. The minimum Gasteiger partial charge on any atom is -0.493 e. The minimum atomic E-state index is -0.254. The van der Waals surface area contributed by atoms with Gasteiger partial charge in [-0.15, -0.1) is 10.2 Å². The van der Waals surface area contributed by atoms with Crippen LogP contribution in [0.4, 0.5) is 0 Å². The largest absolute Gasteiger partial charge is 0.493 e. The fourth-order valence-electron chi connectivity index (χ4n) is 2.51. The van der Waals surface area contributed by atoms with Gasteiger partial charge in [0.15, 0.2) is 18.1 Å². The van der Waals surface area contributed by atoms with E-state index >= 15 is 0 Å². The minimum absolute atomic E-state index is 0.144. The Morgan fingerprint density at radius 1 is 1.07 bits per heavy atom. The van der Waals surface area contributed by atoms with E-state index in [0.29, 0.717) is 39.6 Å². The summed E-state index contributed by atoms with van der Waals surface area (Å²) in [5, 5.41) is 8.48. The fraction of sp³-hybridized carbons (Fsp3) is 0.250. The summed E-state index contributed by atoms with van der Waals surface area (Å²) in [5.74, 6) is 1.95. The molecule has 152 valence electrons. The van der Waals surface area contributed by atoms with E-state index in [4.69, 9.17) is 30.2 Å². The molecule has 8 nitrogen and oxygen atoms in total. The van der Waals surface area contributed by atoms with E-state index in [-0.39, 0.29) is 19.1 Å². The highest BCUT2D eigenvalue weighted by molar-refractivity contribution is 6.32. The first kappa shape index (κ1) is 20.5. The number of methoxy groups -OCH3 is 2. The number of halogens is 1. The summed E-state index contributed by atoms with van der Waals surface area (Å²) >= 11 is 6.02. The van der Waals surface area contributed by atoms with Gasteiger partial charge < -0.3 is 23.5 Å². The van der Waals surface area contributed by atoms with Crippen molar-refractivity contribution in [2.75, 3.05) is 27.9 Å². The molecule has 1 heterocycles. The summed E-state index contributed by atoms with van der Waals surface area (Å²) < 4.78 is 21.6. The van der Waals surface area contributed by atoms with Crippen LogP contribution in [-0.2, 0) is 11.3 Å². The van der Waals surface area contributed by atoms with Crippen molar-refractivity contribution in [1.82, 2.24) is 15.1 Å². The number of ether oxygens (including phenoxy) is 3. The zero-order valence-corrected chi connectivity index (χ0v) is 17.0. The Labute approximate surface area is 173 Å². The first-order valence-electron chi connectivity index (χ1n) is 8.68. The molecule has 0 saturated heterocycles. The highest BCUT2D eigenvalue weighted by Gasteiger charge is 2.16. The lowest BCUT2D eigenvalue weighted by Crippen LogP contribution is -2.31. The molecule has 9 heteroatoms. The van der Waals surface area contributed by atoms with Gasteiger partial charge in [-0.3, -0.25) is 4.79 Å². The lowest BCUT2D eigenvalue weighted by atomic mass is 10.2. The predicted octanol–water partition coefficient (Wildman–Crippen LogP) is 3.44. The summed E-state index contributed by atoms with van der Waals surface area (Å²) in [6, 6.07) is 12.2. The summed E-state index contributed by atoms with van der Waals surface area (Å²) in [7, 11) is 4.73. The third kappa shape index (κ3) is 4.97. The van der Waals surface area contributed by atoms with E-state index in [1.54, 1.807) is 63.7 Å². The van der Waals surface area contributed by atoms with Crippen LogP contribution >= 0.6 is 11.6 Å². The summed E-state index contributed by atoms with van der Waals surface area (Å²) in [6.45, 7) is -0.0120. The Bertz CT molecular complexity index is 992. The van der Waals surface area contributed by atoms with Crippen LogP contribution in [-0.4, -0.2) is 48.9 Å². The number of aromatic nitrogens is 2. The molecule has 0 unspecified atom stereocenters. The Kier molecular flexibility index (Phi) is 6.56. The monoisotopic (exact) mass is 417 g/mol. The van der Waals surface area contributed by atoms with Gasteiger partial charge in [-0.25, -0.2) is 0 Å². The van der Waals surface area contributed by atoms with Crippen molar-refractivity contribution in [3.8, 4) is 28.7 Å². The van der Waals surface area contributed by atoms with Crippen LogP contribution in [0, 0.1) is 0 Å². The number of carbonyl (C=O) groups is 1. The number of likely N-dealkylation sites (N-methyl/N-ethyl adjacent to an activating group) is 1. The first-order valence-corrected chi connectivity index (χ1v) is 9.05. The molecular weight excluding hydrogens is 398 g/mol. The van der Waals surface area contributed by atoms with Gasteiger partial charge in [0, 0.05) is 12.6 Å². The van der Waals surface area contributed by atoms with Crippen molar-refractivity contribution in [2.45, 2.75) is 6.54 Å². The number of rotatable bonds is 8. The Balaban J connectivity index is 1.62. The molecule has 29 heavy (non-hydrogen) atoms. The van der Waals surface area contributed by atoms with Gasteiger partial charge >= 0.3 is 0 Å². The summed E-state index contributed by atoms with van der Waals surface area (Å²) in [5.41, 5.74) is 0.678. The molecule has 1 aromatic heterocycles. The topological polar surface area (TPSA) is 86.9 Å². The van der Waals surface area contributed by atoms with E-state index in [0.717, 1.165) is 0 Å². The second-order valence-electron chi connectivity index (χ2n) is 6.04. The predicted molar refractivity (Wildman–Crippen MR) is 106 cm³/mol. The fourth-order valence-corrected chi connectivity index (χ4v) is 2.70. The number of para-hydroxylation sites is 1. The van der Waals surface area contributed by atoms with Crippen LogP contribution in [0.25, 0.3) is 11.5 Å². The maximum atomic E-state index is 12.3. The standard InChI is InChI=1S/C20H20ClN3O5/c1-24(19(25)12-28-15-7-5-4-6-14(15)21)11-18-22-23-20(29-18)13-8-9-16(26-2)17(10-13)27-3/h4-10H,11-12H2,1-3H3. The quantitative estimate of drug-likeness (QED) is 0.554. The Hall–Kier alpha value is -3.26. The van der Waals surface area contributed by atoms with E-state index in [1.807, 2.05) is 0 Å². The number of hydrogen-bond donors (Lipinski definition) is 0. The van der Waals surface area contributed by atoms with Crippen LogP contribution in [0.15, 0.2) is 46.9 Å². The molecule has 0 N–H and O–H groups in total. The van der Waals surface area contributed by atoms with Crippen LogP contribution in [0.1, 0.15) is 5.89 Å². The molecule has 3 aromatic rings. The van der Waals surface area contributed by atoms with Crippen molar-refractivity contribution < 1.29 is 23.4 Å². The molecular formula is C20H20ClN3O5. The second kappa shape index (κ2) is 9.29. The van der Waals surface area contributed by atoms with Crippen molar-refractivity contribution in [2.24, 2.45) is 0 Å². The molecule has 0 fully saturated rings. The van der Waals surface area contributed by atoms with Gasteiger partial charge in [-0.05, 0) is 30.3 Å². The molecule has 1 amide bonds. The van der Waals surface area contributed by atoms with Gasteiger partial charge in [-0.2, -0.15) is 0 Å². The molecule has 0 aliphatic rings. The van der Waals surface area contributed by atoms with E-state index < -0.39 is 0 Å². The van der Waals surface area contributed by atoms with Gasteiger partial charge in [0.1, 0.15) is 5.75 Å². The third-order valence-corrected chi connectivity index (χ3v) is 4.40. The second-order valence-corrected chi connectivity index (χ2v) is 6.45. The van der Waals surface area contributed by atoms with Crippen molar-refractivity contribution in [1.29, 1.82) is 0 Å². The van der Waals surface area contributed by atoms with Gasteiger partial charge in [0.2, 0.25) is 11.8 Å². The smallest absolute Gasteiger partial charge is 0.260 e. The lowest BCUT2D eigenvalue weighted by molar-refractivity contribution is -0.132. The van der Waals surface area contributed by atoms with Crippen molar-refractivity contribution >= 4 is 17.5 Å². The molecule has 0 bridgehead atoms.